The van der Waals surface area contributed by atoms with Gasteiger partial charge in [-0.25, -0.2) is 9.59 Å². The van der Waals surface area contributed by atoms with Crippen molar-refractivity contribution >= 4 is 22.7 Å². The van der Waals surface area contributed by atoms with Crippen LogP contribution in [-0.4, -0.2) is 51.1 Å². The number of carbonyl (C=O) groups is 2. The molecule has 2 aliphatic rings. The number of ether oxygens (including phenoxy) is 5. The Kier molecular flexibility index (Phi) is 9.49. The zero-order valence-electron chi connectivity index (χ0n) is 25.1. The van der Waals surface area contributed by atoms with E-state index in [2.05, 4.69) is 27.7 Å². The van der Waals surface area contributed by atoms with E-state index >= 15 is 0 Å². The van der Waals surface area contributed by atoms with Crippen LogP contribution in [-0.2, 0) is 14.2 Å². The van der Waals surface area contributed by atoms with Gasteiger partial charge in [-0.05, 0) is 89.9 Å². The molecule has 7 nitrogen and oxygen atoms in total. The van der Waals surface area contributed by atoms with Crippen molar-refractivity contribution in [2.24, 2.45) is 23.2 Å². The van der Waals surface area contributed by atoms with Crippen molar-refractivity contribution in [2.45, 2.75) is 53.1 Å². The van der Waals surface area contributed by atoms with Gasteiger partial charge in [0.15, 0.2) is 0 Å². The van der Waals surface area contributed by atoms with Gasteiger partial charge in [-0.2, -0.15) is 0 Å². The summed E-state index contributed by atoms with van der Waals surface area (Å²) in [5.74, 6) is 1.79. The molecule has 3 aromatic rings. The molecule has 1 aliphatic heterocycles. The quantitative estimate of drug-likeness (QED) is 0.137. The highest BCUT2D eigenvalue weighted by molar-refractivity contribution is 5.96. The van der Waals surface area contributed by atoms with Crippen LogP contribution in [0.3, 0.4) is 0 Å². The molecule has 224 valence electrons. The Balaban J connectivity index is 1.13. The summed E-state index contributed by atoms with van der Waals surface area (Å²) in [5, 5.41) is 1.75. The van der Waals surface area contributed by atoms with E-state index < -0.39 is 5.97 Å². The summed E-state index contributed by atoms with van der Waals surface area (Å²) < 4.78 is 28.3. The van der Waals surface area contributed by atoms with Gasteiger partial charge in [0.1, 0.15) is 24.2 Å². The van der Waals surface area contributed by atoms with Gasteiger partial charge in [0.2, 0.25) is 0 Å². The van der Waals surface area contributed by atoms with Crippen LogP contribution in [0.2, 0.25) is 0 Å². The molecular formula is C35H42O7. The van der Waals surface area contributed by atoms with E-state index in [1.54, 1.807) is 42.5 Å². The average molecular weight is 575 g/mol. The summed E-state index contributed by atoms with van der Waals surface area (Å²) in [6.07, 6.45) is 3.15. The van der Waals surface area contributed by atoms with E-state index in [0.29, 0.717) is 60.2 Å². The molecule has 1 saturated heterocycles. The van der Waals surface area contributed by atoms with Gasteiger partial charge in [-0.1, -0.05) is 46.2 Å². The summed E-state index contributed by atoms with van der Waals surface area (Å²) in [6.45, 7) is 11.8. The van der Waals surface area contributed by atoms with Crippen molar-refractivity contribution in [1.29, 1.82) is 0 Å². The van der Waals surface area contributed by atoms with Gasteiger partial charge in [0.25, 0.3) is 0 Å². The van der Waals surface area contributed by atoms with Crippen LogP contribution in [0.15, 0.2) is 60.7 Å². The second-order valence-electron chi connectivity index (χ2n) is 12.6. The summed E-state index contributed by atoms with van der Waals surface area (Å²) in [6, 6.07) is 17.7. The number of fused-ring (bicyclic) bond motifs is 1. The number of hydrogen-bond donors (Lipinski definition) is 0. The predicted octanol–water partition coefficient (Wildman–Crippen LogP) is 7.11. The topological polar surface area (TPSA) is 80.3 Å². The summed E-state index contributed by atoms with van der Waals surface area (Å²) in [7, 11) is 0. The normalized spacial score (nSPS) is 21.5. The molecule has 3 unspecified atom stereocenters. The lowest BCUT2D eigenvalue weighted by Crippen LogP contribution is -2.43. The fourth-order valence-electron chi connectivity index (χ4n) is 5.79. The maximum Gasteiger partial charge on any atom is 0.343 e. The maximum atomic E-state index is 13.1. The fourth-order valence-corrected chi connectivity index (χ4v) is 5.79. The first-order valence-corrected chi connectivity index (χ1v) is 15.0. The van der Waals surface area contributed by atoms with Crippen LogP contribution in [0.4, 0.5) is 0 Å². The Bertz CT molecular complexity index is 1380. The van der Waals surface area contributed by atoms with Gasteiger partial charge in [0.05, 0.1) is 37.6 Å². The summed E-state index contributed by atoms with van der Waals surface area (Å²) in [4.78, 5) is 25.8. The van der Waals surface area contributed by atoms with Gasteiger partial charge >= 0.3 is 11.9 Å². The summed E-state index contributed by atoms with van der Waals surface area (Å²) in [5.41, 5.74) is 1.07. The molecule has 3 atom stereocenters. The number of rotatable bonds is 11. The number of benzene rings is 3. The predicted molar refractivity (Wildman–Crippen MR) is 161 cm³/mol. The smallest absolute Gasteiger partial charge is 0.343 e. The molecule has 0 aromatic heterocycles. The van der Waals surface area contributed by atoms with Crippen molar-refractivity contribution in [3.05, 3.63) is 71.8 Å². The zero-order chi connectivity index (χ0) is 29.7. The second kappa shape index (κ2) is 13.3. The molecule has 5 rings (SSSR count). The highest BCUT2D eigenvalue weighted by Gasteiger charge is 2.34. The third-order valence-electron chi connectivity index (χ3n) is 8.42. The largest absolute Gasteiger partial charge is 0.491 e. The molecule has 1 saturated carbocycles. The molecule has 0 radical (unpaired) electrons. The van der Waals surface area contributed by atoms with Crippen molar-refractivity contribution in [1.82, 2.24) is 0 Å². The Morgan fingerprint density at radius 3 is 2.29 bits per heavy atom. The van der Waals surface area contributed by atoms with Crippen LogP contribution >= 0.6 is 0 Å². The van der Waals surface area contributed by atoms with Crippen molar-refractivity contribution in [3.8, 4) is 11.5 Å². The van der Waals surface area contributed by atoms with Crippen LogP contribution in [0.5, 0.6) is 11.5 Å². The third-order valence-corrected chi connectivity index (χ3v) is 8.42. The lowest BCUT2D eigenvalue weighted by Gasteiger charge is -2.37. The molecule has 0 N–H and O–H groups in total. The molecule has 42 heavy (non-hydrogen) atoms. The Morgan fingerprint density at radius 2 is 1.57 bits per heavy atom. The number of hydrogen-bond acceptors (Lipinski definition) is 7. The number of esters is 2. The molecule has 0 amide bonds. The lowest BCUT2D eigenvalue weighted by molar-refractivity contribution is -0.139. The molecule has 0 bridgehead atoms. The van der Waals surface area contributed by atoms with E-state index in [4.69, 9.17) is 23.7 Å². The molecule has 2 fully saturated rings. The molecule has 1 aliphatic carbocycles. The molecule has 1 heterocycles. The first-order valence-electron chi connectivity index (χ1n) is 15.0. The molecule has 3 aromatic carbocycles. The fraction of sp³-hybridized carbons (Fsp3) is 0.486. The van der Waals surface area contributed by atoms with Gasteiger partial charge in [0, 0.05) is 5.41 Å². The second-order valence-corrected chi connectivity index (χ2v) is 12.6. The average Bonchev–Trinajstić information content (AvgIpc) is 2.96. The first kappa shape index (κ1) is 30.1. The van der Waals surface area contributed by atoms with Crippen molar-refractivity contribution in [3.63, 3.8) is 0 Å². The van der Waals surface area contributed by atoms with E-state index in [1.165, 1.54) is 6.42 Å². The van der Waals surface area contributed by atoms with Crippen LogP contribution in [0, 0.1) is 23.2 Å². The Labute approximate surface area is 248 Å². The lowest BCUT2D eigenvalue weighted by atomic mass is 9.75. The minimum absolute atomic E-state index is 0.0466. The van der Waals surface area contributed by atoms with E-state index in [0.717, 1.165) is 36.8 Å². The SMILES string of the molecule is CC1CCC(C(C)C)C(OC(=O)c2ccc3cc(OC(=O)c4ccc(OCCOCC5(C)COC5)cc4)ccc3c2)C1. The maximum absolute atomic E-state index is 13.1. The highest BCUT2D eigenvalue weighted by Crippen LogP contribution is 2.36. The minimum atomic E-state index is -0.457. The number of carbonyl (C=O) groups excluding carboxylic acids is 2. The zero-order valence-corrected chi connectivity index (χ0v) is 25.1. The minimum Gasteiger partial charge on any atom is -0.491 e. The summed E-state index contributed by atoms with van der Waals surface area (Å²) >= 11 is 0. The van der Waals surface area contributed by atoms with E-state index in [1.807, 2.05) is 18.2 Å². The van der Waals surface area contributed by atoms with E-state index in [-0.39, 0.29) is 17.5 Å². The molecule has 7 heteroatoms. The highest BCUT2D eigenvalue weighted by atomic mass is 16.5. The van der Waals surface area contributed by atoms with Crippen molar-refractivity contribution < 1.29 is 33.3 Å². The van der Waals surface area contributed by atoms with Crippen LogP contribution in [0.25, 0.3) is 10.8 Å². The third kappa shape index (κ3) is 7.50. The molecule has 0 spiro atoms. The molecular weight excluding hydrogens is 532 g/mol. The monoisotopic (exact) mass is 574 g/mol. The van der Waals surface area contributed by atoms with Gasteiger partial charge < -0.3 is 23.7 Å². The van der Waals surface area contributed by atoms with E-state index in [9.17, 15) is 9.59 Å². The van der Waals surface area contributed by atoms with Crippen LogP contribution in [0.1, 0.15) is 67.7 Å². The Morgan fingerprint density at radius 1 is 0.881 bits per heavy atom. The standard InChI is InChI=1S/C35H42O7/c1-23(2)31-14-5-24(3)17-32(31)42-34(37)28-7-6-27-19-30(13-10-26(27)18-28)41-33(36)25-8-11-29(12-9-25)40-16-15-38-20-35(4)21-39-22-35/h6-13,18-19,23-24,31-32H,5,14-17,20-22H2,1-4H3. The van der Waals surface area contributed by atoms with Crippen molar-refractivity contribution in [2.75, 3.05) is 33.0 Å². The van der Waals surface area contributed by atoms with Gasteiger partial charge in [-0.15, -0.1) is 0 Å². The Hall–Kier alpha value is -3.42. The first-order chi connectivity index (χ1) is 20.2. The van der Waals surface area contributed by atoms with Gasteiger partial charge in [-0.3, -0.25) is 0 Å². The van der Waals surface area contributed by atoms with Crippen LogP contribution < -0.4 is 9.47 Å².